The highest BCUT2D eigenvalue weighted by molar-refractivity contribution is 7.85. The number of nitrogens with one attached hydrogen (secondary N) is 1. The van der Waals surface area contributed by atoms with Crippen LogP contribution in [0.4, 0.5) is 16.0 Å². The van der Waals surface area contributed by atoms with E-state index in [4.69, 9.17) is 9.17 Å². The summed E-state index contributed by atoms with van der Waals surface area (Å²) < 4.78 is 41.6. The second-order valence-electron chi connectivity index (χ2n) is 8.53. The molecule has 0 bridgehead atoms. The minimum Gasteiger partial charge on any atom is -0.324 e. The third-order valence-corrected chi connectivity index (χ3v) is 6.65. The summed E-state index contributed by atoms with van der Waals surface area (Å²) in [7, 11) is -3.44. The second kappa shape index (κ2) is 9.56. The second-order valence-corrected chi connectivity index (χ2v) is 10.2. The van der Waals surface area contributed by atoms with Gasteiger partial charge in [-0.2, -0.15) is 8.42 Å². The maximum atomic E-state index is 14.6. The molecule has 1 aromatic heterocycles. The fourth-order valence-corrected chi connectivity index (χ4v) is 4.81. The lowest BCUT2D eigenvalue weighted by molar-refractivity contribution is 0.326. The van der Waals surface area contributed by atoms with Gasteiger partial charge < -0.3 is 5.32 Å². The summed E-state index contributed by atoms with van der Waals surface area (Å²) >= 11 is 0. The Labute approximate surface area is 204 Å². The maximum absolute atomic E-state index is 14.6. The Morgan fingerprint density at radius 2 is 1.71 bits per heavy atom. The van der Waals surface area contributed by atoms with Crippen LogP contribution >= 0.6 is 0 Å². The first-order valence-electron chi connectivity index (χ1n) is 11.3. The van der Waals surface area contributed by atoms with Gasteiger partial charge in [0.25, 0.3) is 10.1 Å². The Kier molecular flexibility index (Phi) is 6.32. The van der Waals surface area contributed by atoms with Crippen LogP contribution in [-0.4, -0.2) is 31.2 Å². The molecule has 0 aliphatic heterocycles. The van der Waals surface area contributed by atoms with Gasteiger partial charge in [0.1, 0.15) is 5.82 Å². The van der Waals surface area contributed by atoms with Crippen molar-refractivity contribution in [2.75, 3.05) is 18.2 Å². The molecule has 0 fully saturated rings. The van der Waals surface area contributed by atoms with Crippen LogP contribution in [-0.2, 0) is 27.1 Å². The van der Waals surface area contributed by atoms with Gasteiger partial charge in [-0.05, 0) is 53.3 Å². The molecule has 1 unspecified atom stereocenters. The van der Waals surface area contributed by atoms with Gasteiger partial charge in [0, 0.05) is 23.4 Å². The smallest absolute Gasteiger partial charge is 0.264 e. The number of halogens is 1. The van der Waals surface area contributed by atoms with Crippen LogP contribution in [0, 0.1) is 5.82 Å². The molecule has 0 saturated heterocycles. The third kappa shape index (κ3) is 5.23. The summed E-state index contributed by atoms with van der Waals surface area (Å²) in [4.78, 5) is 9.30. The van der Waals surface area contributed by atoms with E-state index in [2.05, 4.69) is 10.3 Å². The normalized spacial score (nSPS) is 14.7. The molecule has 1 heterocycles. The van der Waals surface area contributed by atoms with Crippen LogP contribution < -0.4 is 5.32 Å². The van der Waals surface area contributed by atoms with Crippen LogP contribution in [0.5, 0.6) is 0 Å². The van der Waals surface area contributed by atoms with E-state index in [0.717, 1.165) is 39.9 Å². The van der Waals surface area contributed by atoms with Gasteiger partial charge in [0.05, 0.1) is 18.6 Å². The molecule has 0 spiro atoms. The van der Waals surface area contributed by atoms with Crippen LogP contribution in [0.15, 0.2) is 79.0 Å². The molecule has 5 rings (SSSR count). The van der Waals surface area contributed by atoms with E-state index < -0.39 is 10.1 Å². The molecule has 35 heavy (non-hydrogen) atoms. The van der Waals surface area contributed by atoms with Crippen molar-refractivity contribution in [3.63, 3.8) is 0 Å². The van der Waals surface area contributed by atoms with E-state index in [-0.39, 0.29) is 18.3 Å². The molecule has 0 saturated carbocycles. The number of benzene rings is 3. The molecule has 4 aromatic rings. The molecule has 0 amide bonds. The van der Waals surface area contributed by atoms with Crippen LogP contribution in [0.2, 0.25) is 0 Å². The molecule has 1 atom stereocenters. The Morgan fingerprint density at radius 3 is 2.46 bits per heavy atom. The molecule has 0 radical (unpaired) electrons. The van der Waals surface area contributed by atoms with Crippen molar-refractivity contribution in [1.82, 2.24) is 9.97 Å². The van der Waals surface area contributed by atoms with Gasteiger partial charge in [0.15, 0.2) is 0 Å². The van der Waals surface area contributed by atoms with Crippen molar-refractivity contribution in [2.45, 2.75) is 18.8 Å². The van der Waals surface area contributed by atoms with E-state index in [1.54, 1.807) is 6.07 Å². The number of hydrogen-bond acceptors (Lipinski definition) is 6. The molecule has 3 aromatic carbocycles. The van der Waals surface area contributed by atoms with E-state index >= 15 is 0 Å². The van der Waals surface area contributed by atoms with Crippen LogP contribution in [0.3, 0.4) is 0 Å². The molecule has 8 heteroatoms. The largest absolute Gasteiger partial charge is 0.324 e. The summed E-state index contributed by atoms with van der Waals surface area (Å²) in [5, 5.41) is 3.24. The van der Waals surface area contributed by atoms with E-state index in [1.807, 2.05) is 66.9 Å². The van der Waals surface area contributed by atoms with Gasteiger partial charge in [-0.25, -0.2) is 14.4 Å². The zero-order chi connectivity index (χ0) is 24.4. The number of hydrogen-bond donors (Lipinski definition) is 1. The molecule has 1 aliphatic rings. The summed E-state index contributed by atoms with van der Waals surface area (Å²) in [6.07, 6.45) is 3.96. The Balaban J connectivity index is 1.37. The van der Waals surface area contributed by atoms with Crippen molar-refractivity contribution < 1.29 is 17.0 Å². The van der Waals surface area contributed by atoms with Crippen LogP contribution in [0.1, 0.15) is 28.2 Å². The van der Waals surface area contributed by atoms with Gasteiger partial charge >= 0.3 is 0 Å². The summed E-state index contributed by atoms with van der Waals surface area (Å²) in [6, 6.07) is 22.5. The number of nitrogens with zero attached hydrogens (tertiary/aromatic N) is 2. The third-order valence-electron chi connectivity index (χ3n) is 6.06. The van der Waals surface area contributed by atoms with Crippen molar-refractivity contribution in [1.29, 1.82) is 0 Å². The summed E-state index contributed by atoms with van der Waals surface area (Å²) in [5.74, 6) is 0.166. The summed E-state index contributed by atoms with van der Waals surface area (Å²) in [6.45, 7) is 0.104. The molecule has 178 valence electrons. The predicted molar refractivity (Wildman–Crippen MR) is 134 cm³/mol. The van der Waals surface area contributed by atoms with Crippen LogP contribution in [0.25, 0.3) is 11.3 Å². The number of anilines is 2. The van der Waals surface area contributed by atoms with E-state index in [1.165, 1.54) is 6.07 Å². The van der Waals surface area contributed by atoms with Gasteiger partial charge in [0.2, 0.25) is 5.95 Å². The topological polar surface area (TPSA) is 81.2 Å². The van der Waals surface area contributed by atoms with E-state index in [0.29, 0.717) is 24.4 Å². The number of aromatic nitrogens is 2. The fourth-order valence-electron chi connectivity index (χ4n) is 4.43. The van der Waals surface area contributed by atoms with Crippen molar-refractivity contribution >= 4 is 21.8 Å². The van der Waals surface area contributed by atoms with Gasteiger partial charge in [-0.15, -0.1) is 0 Å². The zero-order valence-electron chi connectivity index (χ0n) is 19.1. The first kappa shape index (κ1) is 23.1. The molecule has 1 N–H and O–H groups in total. The Morgan fingerprint density at radius 1 is 1.00 bits per heavy atom. The minimum absolute atomic E-state index is 0.0958. The highest BCUT2D eigenvalue weighted by Gasteiger charge is 2.28. The van der Waals surface area contributed by atoms with Crippen molar-refractivity contribution in [3.8, 4) is 11.3 Å². The highest BCUT2D eigenvalue weighted by atomic mass is 32.2. The van der Waals surface area contributed by atoms with Gasteiger partial charge in [-0.3, -0.25) is 4.18 Å². The number of rotatable bonds is 7. The first-order valence-corrected chi connectivity index (χ1v) is 13.1. The average Bonchev–Trinajstić information content (AvgIpc) is 2.84. The molecular weight excluding hydrogens is 465 g/mol. The average molecular weight is 490 g/mol. The molecule has 1 aliphatic carbocycles. The fraction of sp³-hybridized carbons (Fsp3) is 0.185. The van der Waals surface area contributed by atoms with Gasteiger partial charge in [-0.1, -0.05) is 54.6 Å². The number of fused-ring (bicyclic) bond motifs is 3. The lowest BCUT2D eigenvalue weighted by atomic mass is 9.78. The lowest BCUT2D eigenvalue weighted by Gasteiger charge is -2.27. The Bertz CT molecular complexity index is 1470. The predicted octanol–water partition coefficient (Wildman–Crippen LogP) is 5.23. The minimum atomic E-state index is -3.44. The maximum Gasteiger partial charge on any atom is 0.264 e. The van der Waals surface area contributed by atoms with Crippen molar-refractivity contribution in [2.24, 2.45) is 0 Å². The quantitative estimate of drug-likeness (QED) is 0.358. The lowest BCUT2D eigenvalue weighted by Crippen LogP contribution is -2.16. The zero-order valence-corrected chi connectivity index (χ0v) is 19.9. The standard InChI is InChI=1S/C27H24FN3O3S/c1-35(32,33)34-15-14-18-10-12-20(13-11-18)30-27-29-17-19-16-24(22-7-4-5-9-25(22)28)21-6-2-3-8-23(21)26(19)31-27/h2-13,17,24H,14-16H2,1H3,(H,29,30,31). The molecular formula is C27H24FN3O3S. The highest BCUT2D eigenvalue weighted by Crippen LogP contribution is 2.42. The summed E-state index contributed by atoms with van der Waals surface area (Å²) in [5.41, 5.74) is 6.30. The monoisotopic (exact) mass is 489 g/mol. The Hall–Kier alpha value is -3.62. The SMILES string of the molecule is CS(=O)(=O)OCCc1ccc(Nc2ncc3c(n2)-c2ccccc2C(c2ccccc2F)C3)cc1. The van der Waals surface area contributed by atoms with Crippen molar-refractivity contribution in [3.05, 3.63) is 107 Å². The molecule has 6 nitrogen and oxygen atoms in total. The first-order chi connectivity index (χ1) is 16.9. The van der Waals surface area contributed by atoms with E-state index in [9.17, 15) is 12.8 Å².